The molecule has 1 atom stereocenters. The number of hydrogen-bond acceptors (Lipinski definition) is 4. The van der Waals surface area contributed by atoms with Crippen molar-refractivity contribution in [1.82, 2.24) is 9.88 Å². The van der Waals surface area contributed by atoms with Crippen LogP contribution in [0.25, 0.3) is 0 Å². The van der Waals surface area contributed by atoms with Crippen molar-refractivity contribution >= 4 is 11.7 Å². The minimum Gasteiger partial charge on any atom is -0.457 e. The summed E-state index contributed by atoms with van der Waals surface area (Å²) in [6.45, 7) is 4.40. The summed E-state index contributed by atoms with van der Waals surface area (Å²) < 4.78 is 5.79. The first-order valence-corrected chi connectivity index (χ1v) is 10.8. The number of likely N-dealkylation sites (tertiary alicyclic amines) is 1. The Labute approximate surface area is 186 Å². The quantitative estimate of drug-likeness (QED) is 0.604. The van der Waals surface area contributed by atoms with E-state index in [1.54, 1.807) is 49.1 Å². The number of carbonyl (C=O) groups excluding carboxylic acids is 2. The van der Waals surface area contributed by atoms with Crippen molar-refractivity contribution in [1.29, 1.82) is 0 Å². The zero-order chi connectivity index (χ0) is 22.7. The largest absolute Gasteiger partial charge is 0.457 e. The number of aromatic amines is 1. The van der Waals surface area contributed by atoms with E-state index in [0.717, 1.165) is 17.9 Å². The number of nitrogens with one attached hydrogen (secondary N) is 1. The molecule has 1 amide bonds. The Morgan fingerprint density at radius 1 is 1.00 bits per heavy atom. The van der Waals surface area contributed by atoms with E-state index in [1.165, 1.54) is 0 Å². The van der Waals surface area contributed by atoms with Crippen molar-refractivity contribution in [3.8, 4) is 11.5 Å². The average molecular weight is 431 g/mol. The molecule has 2 aromatic carbocycles. The van der Waals surface area contributed by atoms with Gasteiger partial charge in [0.25, 0.3) is 11.5 Å². The second-order valence-corrected chi connectivity index (χ2v) is 8.23. The van der Waals surface area contributed by atoms with Crippen molar-refractivity contribution < 1.29 is 14.3 Å². The highest BCUT2D eigenvalue weighted by Gasteiger charge is 2.31. The number of Topliss-reactive ketones (excluding diaryl/α,β-unsaturated/α-hetero) is 1. The average Bonchev–Trinajstić information content (AvgIpc) is 2.79. The lowest BCUT2D eigenvalue weighted by Crippen LogP contribution is -2.44. The first kappa shape index (κ1) is 21.6. The van der Waals surface area contributed by atoms with Crippen LogP contribution >= 0.6 is 0 Å². The number of aromatic nitrogens is 1. The number of amides is 1. The van der Waals surface area contributed by atoms with Gasteiger partial charge >= 0.3 is 0 Å². The molecule has 1 fully saturated rings. The predicted molar refractivity (Wildman–Crippen MR) is 122 cm³/mol. The first-order valence-electron chi connectivity index (χ1n) is 10.8. The predicted octanol–water partition coefficient (Wildman–Crippen LogP) is 4.52. The van der Waals surface area contributed by atoms with Gasteiger partial charge in [0.1, 0.15) is 17.1 Å². The van der Waals surface area contributed by atoms with Crippen LogP contribution in [0.3, 0.4) is 0 Å². The van der Waals surface area contributed by atoms with Crippen LogP contribution in [-0.4, -0.2) is 34.7 Å². The molecule has 0 unspecified atom stereocenters. The number of ketones is 1. The van der Waals surface area contributed by atoms with E-state index in [4.69, 9.17) is 4.74 Å². The minimum atomic E-state index is -0.380. The molecule has 3 aromatic rings. The van der Waals surface area contributed by atoms with Crippen LogP contribution in [0.15, 0.2) is 65.5 Å². The minimum absolute atomic E-state index is 0.00305. The second kappa shape index (κ2) is 9.22. The fraction of sp³-hybridized carbons (Fsp3) is 0.269. The summed E-state index contributed by atoms with van der Waals surface area (Å²) in [5.74, 6) is 0.784. The van der Waals surface area contributed by atoms with Gasteiger partial charge in [-0.2, -0.15) is 0 Å². The van der Waals surface area contributed by atoms with Gasteiger partial charge in [-0.05, 0) is 74.7 Å². The van der Waals surface area contributed by atoms with Crippen molar-refractivity contribution in [2.24, 2.45) is 5.92 Å². The number of ether oxygens (including phenoxy) is 1. The summed E-state index contributed by atoms with van der Waals surface area (Å²) in [7, 11) is 0. The smallest absolute Gasteiger partial charge is 0.261 e. The molecule has 1 aliphatic rings. The molecule has 0 saturated carbocycles. The number of hydrogen-bond donors (Lipinski definition) is 1. The standard InChI is InChI=1S/C26H26N2O4/c1-17-15-18(2)27-25(30)23(17)26(31)28-14-6-7-20(16-28)24(29)19-10-12-22(13-11-19)32-21-8-4-3-5-9-21/h3-5,8-13,15,20H,6-7,14,16H2,1-2H3,(H,27,30)/t20-/m1/s1. The van der Waals surface area contributed by atoms with E-state index in [0.29, 0.717) is 36.4 Å². The van der Waals surface area contributed by atoms with Gasteiger partial charge in [0, 0.05) is 30.3 Å². The lowest BCUT2D eigenvalue weighted by Gasteiger charge is -2.32. The molecule has 6 heteroatoms. The van der Waals surface area contributed by atoms with E-state index in [1.807, 2.05) is 30.3 Å². The molecular formula is C26H26N2O4. The SMILES string of the molecule is Cc1cc(C)c(C(=O)N2CCC[C@@H](C(=O)c3ccc(Oc4ccccc4)cc3)C2)c(=O)[nH]1. The molecule has 2 heterocycles. The Kier molecular flexibility index (Phi) is 6.21. The molecule has 32 heavy (non-hydrogen) atoms. The molecule has 164 valence electrons. The zero-order valence-corrected chi connectivity index (χ0v) is 18.3. The molecule has 0 spiro atoms. The van der Waals surface area contributed by atoms with Crippen molar-refractivity contribution in [2.45, 2.75) is 26.7 Å². The lowest BCUT2D eigenvalue weighted by molar-refractivity contribution is 0.0635. The van der Waals surface area contributed by atoms with Gasteiger partial charge < -0.3 is 14.6 Å². The van der Waals surface area contributed by atoms with Gasteiger partial charge in [0.15, 0.2) is 5.78 Å². The van der Waals surface area contributed by atoms with Crippen LogP contribution in [0.4, 0.5) is 0 Å². The van der Waals surface area contributed by atoms with E-state index >= 15 is 0 Å². The van der Waals surface area contributed by atoms with Gasteiger partial charge in [-0.3, -0.25) is 14.4 Å². The van der Waals surface area contributed by atoms with Crippen molar-refractivity contribution in [3.63, 3.8) is 0 Å². The molecule has 0 radical (unpaired) electrons. The number of aryl methyl sites for hydroxylation is 2. The van der Waals surface area contributed by atoms with Crippen molar-refractivity contribution in [2.75, 3.05) is 13.1 Å². The molecule has 0 bridgehead atoms. The Hall–Kier alpha value is -3.67. The molecule has 4 rings (SSSR count). The summed E-state index contributed by atoms with van der Waals surface area (Å²) in [5.41, 5.74) is 1.74. The van der Waals surface area contributed by atoms with Gasteiger partial charge in [-0.25, -0.2) is 0 Å². The Morgan fingerprint density at radius 3 is 2.38 bits per heavy atom. The van der Waals surface area contributed by atoms with Gasteiger partial charge in [0.2, 0.25) is 0 Å². The number of pyridine rings is 1. The Balaban J connectivity index is 1.46. The maximum atomic E-state index is 13.1. The molecule has 1 N–H and O–H groups in total. The molecule has 6 nitrogen and oxygen atoms in total. The number of H-pyrrole nitrogens is 1. The van der Waals surface area contributed by atoms with Crippen LogP contribution in [0, 0.1) is 19.8 Å². The van der Waals surface area contributed by atoms with Gasteiger partial charge in [0.05, 0.1) is 0 Å². The molecule has 0 aliphatic carbocycles. The Bertz CT molecular complexity index is 1180. The van der Waals surface area contributed by atoms with E-state index in [9.17, 15) is 14.4 Å². The summed E-state index contributed by atoms with van der Waals surface area (Å²) in [6, 6.07) is 18.3. The van der Waals surface area contributed by atoms with Crippen molar-refractivity contribution in [3.05, 3.63) is 93.4 Å². The number of carbonyl (C=O) groups is 2. The molecule has 1 saturated heterocycles. The summed E-state index contributed by atoms with van der Waals surface area (Å²) in [5, 5.41) is 0. The van der Waals surface area contributed by atoms with Crippen LogP contribution in [0.5, 0.6) is 11.5 Å². The summed E-state index contributed by atoms with van der Waals surface area (Å²) >= 11 is 0. The molecule has 1 aliphatic heterocycles. The van der Waals surface area contributed by atoms with Crippen LogP contribution in [-0.2, 0) is 0 Å². The maximum absolute atomic E-state index is 13.1. The highest BCUT2D eigenvalue weighted by atomic mass is 16.5. The molecular weight excluding hydrogens is 404 g/mol. The molecule has 1 aromatic heterocycles. The van der Waals surface area contributed by atoms with Gasteiger partial charge in [-0.15, -0.1) is 0 Å². The Morgan fingerprint density at radius 2 is 1.69 bits per heavy atom. The number of nitrogens with zero attached hydrogens (tertiary/aromatic N) is 1. The van der Waals surface area contributed by atoms with Crippen LogP contribution in [0.2, 0.25) is 0 Å². The third-order valence-corrected chi connectivity index (χ3v) is 5.78. The maximum Gasteiger partial charge on any atom is 0.261 e. The fourth-order valence-corrected chi connectivity index (χ4v) is 4.20. The number of piperidine rings is 1. The van der Waals surface area contributed by atoms with Crippen LogP contribution in [0.1, 0.15) is 44.8 Å². The normalized spacial score (nSPS) is 15.9. The lowest BCUT2D eigenvalue weighted by atomic mass is 9.89. The topological polar surface area (TPSA) is 79.5 Å². The highest BCUT2D eigenvalue weighted by molar-refractivity contribution is 5.99. The van der Waals surface area contributed by atoms with E-state index in [2.05, 4.69) is 4.98 Å². The monoisotopic (exact) mass is 430 g/mol. The van der Waals surface area contributed by atoms with Gasteiger partial charge in [-0.1, -0.05) is 18.2 Å². The third-order valence-electron chi connectivity index (χ3n) is 5.78. The third kappa shape index (κ3) is 4.64. The fourth-order valence-electron chi connectivity index (χ4n) is 4.20. The number of rotatable bonds is 5. The van der Waals surface area contributed by atoms with E-state index in [-0.39, 0.29) is 28.7 Å². The number of para-hydroxylation sites is 1. The highest BCUT2D eigenvalue weighted by Crippen LogP contribution is 2.25. The number of benzene rings is 2. The van der Waals surface area contributed by atoms with E-state index < -0.39 is 0 Å². The van der Waals surface area contributed by atoms with Crippen LogP contribution < -0.4 is 10.3 Å². The second-order valence-electron chi connectivity index (χ2n) is 8.23. The summed E-state index contributed by atoms with van der Waals surface area (Å²) in [6.07, 6.45) is 1.44. The summed E-state index contributed by atoms with van der Waals surface area (Å²) in [4.78, 5) is 42.9. The zero-order valence-electron chi connectivity index (χ0n) is 18.3. The first-order chi connectivity index (χ1) is 15.4.